The summed E-state index contributed by atoms with van der Waals surface area (Å²) in [6.07, 6.45) is 5.68. The average Bonchev–Trinajstić information content (AvgIpc) is 2.92. The zero-order valence-corrected chi connectivity index (χ0v) is 14.5. The van der Waals surface area contributed by atoms with E-state index >= 15 is 0 Å². The van der Waals surface area contributed by atoms with Gasteiger partial charge in [0.2, 0.25) is 0 Å². The molecular weight excluding hydrogens is 393 g/mol. The van der Waals surface area contributed by atoms with Crippen LogP contribution < -0.4 is 5.32 Å². The normalized spacial score (nSPS) is 30.6. The lowest BCUT2D eigenvalue weighted by molar-refractivity contribution is 0.0216. The molecule has 2 atom stereocenters. The number of piperidine rings is 3. The molecule has 3 fully saturated rings. The van der Waals surface area contributed by atoms with Crippen molar-refractivity contribution >= 4 is 39.5 Å². The molecule has 2 aromatic rings. The molecule has 22 heavy (non-hydrogen) atoms. The van der Waals surface area contributed by atoms with Crippen molar-refractivity contribution in [3.8, 4) is 0 Å². The Morgan fingerprint density at radius 2 is 2.23 bits per heavy atom. The topological polar surface area (TPSA) is 58.4 Å². The van der Waals surface area contributed by atoms with Crippen LogP contribution in [0.15, 0.2) is 22.9 Å². The molecule has 5 heterocycles. The number of furan rings is 1. The van der Waals surface area contributed by atoms with Crippen LogP contribution in [0.25, 0.3) is 11.0 Å². The van der Waals surface area contributed by atoms with Crippen molar-refractivity contribution < 1.29 is 9.21 Å². The fourth-order valence-electron chi connectivity index (χ4n) is 3.80. The third kappa shape index (κ3) is 2.32. The van der Waals surface area contributed by atoms with Crippen LogP contribution in [0.2, 0.25) is 0 Å². The zero-order chi connectivity index (χ0) is 15.3. The van der Waals surface area contributed by atoms with Crippen molar-refractivity contribution in [2.75, 3.05) is 13.1 Å². The van der Waals surface area contributed by atoms with Gasteiger partial charge < -0.3 is 9.73 Å². The first-order valence-corrected chi connectivity index (χ1v) is 8.79. The number of fused-ring (bicyclic) bond motifs is 4. The summed E-state index contributed by atoms with van der Waals surface area (Å²) >= 11 is 2.21. The number of nitrogens with one attached hydrogen (secondary N) is 1. The van der Waals surface area contributed by atoms with E-state index in [2.05, 4.69) is 44.7 Å². The van der Waals surface area contributed by atoms with E-state index in [-0.39, 0.29) is 11.9 Å². The fraction of sp³-hybridized carbons (Fsp3) is 0.500. The number of aromatic nitrogens is 1. The summed E-state index contributed by atoms with van der Waals surface area (Å²) in [5.74, 6) is 0.520. The first-order valence-electron chi connectivity index (χ1n) is 7.71. The summed E-state index contributed by atoms with van der Waals surface area (Å²) in [5.41, 5.74) is 1.19. The van der Waals surface area contributed by atoms with Gasteiger partial charge in [0, 0.05) is 17.5 Å². The first kappa shape index (κ1) is 14.4. The molecule has 0 aliphatic carbocycles. The Labute approximate surface area is 142 Å². The Morgan fingerprint density at radius 3 is 2.95 bits per heavy atom. The lowest BCUT2D eigenvalue weighted by Crippen LogP contribution is -2.62. The second kappa shape index (κ2) is 5.49. The van der Waals surface area contributed by atoms with Gasteiger partial charge in [0.15, 0.2) is 5.58 Å². The van der Waals surface area contributed by atoms with Crippen LogP contribution in [-0.4, -0.2) is 41.0 Å². The molecule has 5 rings (SSSR count). The molecule has 0 radical (unpaired) electrons. The lowest BCUT2D eigenvalue weighted by Gasteiger charge is -2.49. The molecule has 1 N–H and O–H groups in total. The van der Waals surface area contributed by atoms with Crippen molar-refractivity contribution in [1.82, 2.24) is 15.2 Å². The molecule has 0 saturated carbocycles. The summed E-state index contributed by atoms with van der Waals surface area (Å²) in [5, 5.41) is 4.16. The number of carbonyl (C=O) groups excluding carboxylic acids is 1. The van der Waals surface area contributed by atoms with Crippen LogP contribution in [0.4, 0.5) is 0 Å². The number of amides is 1. The number of rotatable bonds is 2. The van der Waals surface area contributed by atoms with Crippen molar-refractivity contribution in [2.24, 2.45) is 5.92 Å². The molecular formula is C16H18IN3O2. The first-order chi connectivity index (χ1) is 10.6. The van der Waals surface area contributed by atoms with E-state index in [1.807, 2.05) is 6.07 Å². The number of hydrogen-bond donors (Lipinski definition) is 1. The fourth-order valence-corrected chi connectivity index (χ4v) is 4.35. The minimum Gasteiger partial charge on any atom is -0.462 e. The Morgan fingerprint density at radius 1 is 1.45 bits per heavy atom. The smallest absolute Gasteiger partial charge is 0.270 e. The molecule has 3 aliphatic heterocycles. The standard InChI is InChI=1S/C16H18IN3O2/c1-9-15(10-2-4-20(9)5-3-10)19-16(21)13-6-11-12(17)8-22-14(11)7-18-13/h6-10,15H,2-5H2,1H3,(H,19,21). The van der Waals surface area contributed by atoms with E-state index in [0.717, 1.165) is 27.6 Å². The van der Waals surface area contributed by atoms with Crippen molar-refractivity contribution in [3.05, 3.63) is 27.8 Å². The van der Waals surface area contributed by atoms with Gasteiger partial charge in [-0.15, -0.1) is 0 Å². The molecule has 0 spiro atoms. The highest BCUT2D eigenvalue weighted by molar-refractivity contribution is 14.1. The zero-order valence-electron chi connectivity index (χ0n) is 12.4. The summed E-state index contributed by atoms with van der Waals surface area (Å²) < 4.78 is 6.38. The highest BCUT2D eigenvalue weighted by atomic mass is 127. The molecule has 116 valence electrons. The highest BCUT2D eigenvalue weighted by Gasteiger charge is 2.40. The molecule has 6 heteroatoms. The third-order valence-corrected chi connectivity index (χ3v) is 5.96. The van der Waals surface area contributed by atoms with Crippen LogP contribution in [0.1, 0.15) is 30.3 Å². The van der Waals surface area contributed by atoms with Gasteiger partial charge in [-0.25, -0.2) is 4.98 Å². The summed E-state index contributed by atoms with van der Waals surface area (Å²) in [7, 11) is 0. The predicted octanol–water partition coefficient (Wildman–Crippen LogP) is 2.64. The van der Waals surface area contributed by atoms with Gasteiger partial charge in [-0.3, -0.25) is 9.69 Å². The molecule has 1 amide bonds. The maximum Gasteiger partial charge on any atom is 0.270 e. The van der Waals surface area contributed by atoms with Gasteiger partial charge in [0.25, 0.3) is 5.91 Å². The minimum atomic E-state index is -0.0792. The number of carbonyl (C=O) groups is 1. The Balaban J connectivity index is 1.57. The molecule has 2 bridgehead atoms. The van der Waals surface area contributed by atoms with E-state index in [1.165, 1.54) is 12.8 Å². The summed E-state index contributed by atoms with van der Waals surface area (Å²) in [6, 6.07) is 2.47. The number of hydrogen-bond acceptors (Lipinski definition) is 4. The van der Waals surface area contributed by atoms with Gasteiger partial charge in [-0.05, 0) is 67.4 Å². The maximum absolute atomic E-state index is 12.6. The molecule has 2 aromatic heterocycles. The van der Waals surface area contributed by atoms with Gasteiger partial charge in [0.1, 0.15) is 12.0 Å². The monoisotopic (exact) mass is 411 g/mol. The summed E-state index contributed by atoms with van der Waals surface area (Å²) in [4.78, 5) is 19.3. The van der Waals surface area contributed by atoms with E-state index in [0.29, 0.717) is 17.7 Å². The summed E-state index contributed by atoms with van der Waals surface area (Å²) in [6.45, 7) is 4.54. The number of pyridine rings is 1. The van der Waals surface area contributed by atoms with Crippen molar-refractivity contribution in [1.29, 1.82) is 0 Å². The van der Waals surface area contributed by atoms with E-state index in [1.54, 1.807) is 12.5 Å². The van der Waals surface area contributed by atoms with Crippen LogP contribution >= 0.6 is 22.6 Å². The van der Waals surface area contributed by atoms with Gasteiger partial charge >= 0.3 is 0 Å². The van der Waals surface area contributed by atoms with Gasteiger partial charge in [-0.1, -0.05) is 0 Å². The molecule has 3 aliphatic rings. The van der Waals surface area contributed by atoms with E-state index < -0.39 is 0 Å². The van der Waals surface area contributed by atoms with Crippen molar-refractivity contribution in [2.45, 2.75) is 31.8 Å². The van der Waals surface area contributed by atoms with Crippen LogP contribution in [0.5, 0.6) is 0 Å². The predicted molar refractivity (Wildman–Crippen MR) is 91.7 cm³/mol. The Bertz CT molecular complexity index is 719. The van der Waals surface area contributed by atoms with Crippen molar-refractivity contribution in [3.63, 3.8) is 0 Å². The van der Waals surface area contributed by atoms with E-state index in [9.17, 15) is 4.79 Å². The average molecular weight is 411 g/mol. The molecule has 3 saturated heterocycles. The van der Waals surface area contributed by atoms with Crippen LogP contribution in [-0.2, 0) is 0 Å². The highest BCUT2D eigenvalue weighted by Crippen LogP contribution is 2.32. The quantitative estimate of drug-likeness (QED) is 0.773. The molecule has 2 unspecified atom stereocenters. The largest absolute Gasteiger partial charge is 0.462 e. The number of halogens is 1. The van der Waals surface area contributed by atoms with Gasteiger partial charge in [0.05, 0.1) is 9.77 Å². The Hall–Kier alpha value is -1.15. The minimum absolute atomic E-state index is 0.0792. The second-order valence-corrected chi connectivity index (χ2v) is 7.42. The molecule has 0 aromatic carbocycles. The maximum atomic E-state index is 12.6. The van der Waals surface area contributed by atoms with Crippen LogP contribution in [0, 0.1) is 9.49 Å². The second-order valence-electron chi connectivity index (χ2n) is 6.26. The van der Waals surface area contributed by atoms with E-state index in [4.69, 9.17) is 4.42 Å². The van der Waals surface area contributed by atoms with Gasteiger partial charge in [-0.2, -0.15) is 0 Å². The third-order valence-electron chi connectivity index (χ3n) is 5.12. The Kier molecular flexibility index (Phi) is 3.60. The van der Waals surface area contributed by atoms with Crippen LogP contribution in [0.3, 0.4) is 0 Å². The SMILES string of the molecule is CC1C(NC(=O)c2cc3c(I)coc3cn2)C2CCN1CC2. The molecule has 5 nitrogen and oxygen atoms in total. The lowest BCUT2D eigenvalue weighted by atomic mass is 9.79. The number of nitrogens with zero attached hydrogens (tertiary/aromatic N) is 2.